The molecule has 0 aliphatic heterocycles. The number of aryl methyl sites for hydroxylation is 3. The Morgan fingerprint density at radius 2 is 1.88 bits per heavy atom. The number of hydrogen-bond acceptors (Lipinski definition) is 3. The summed E-state index contributed by atoms with van der Waals surface area (Å²) in [5.41, 5.74) is 1.90. The van der Waals surface area contributed by atoms with Crippen molar-refractivity contribution < 1.29 is 10.2 Å². The first-order valence-corrected chi connectivity index (χ1v) is 6.23. The summed E-state index contributed by atoms with van der Waals surface area (Å²) in [6, 6.07) is 2.07. The minimum absolute atomic E-state index is 0.0450. The topological polar surface area (TPSA) is 58.3 Å². The van der Waals surface area contributed by atoms with Gasteiger partial charge in [-0.1, -0.05) is 13.3 Å². The van der Waals surface area contributed by atoms with Crippen LogP contribution in [0.25, 0.3) is 0 Å². The van der Waals surface area contributed by atoms with E-state index in [2.05, 4.69) is 18.1 Å². The van der Waals surface area contributed by atoms with E-state index in [0.29, 0.717) is 0 Å². The zero-order chi connectivity index (χ0) is 12.9. The fourth-order valence-corrected chi connectivity index (χ4v) is 1.92. The Morgan fingerprint density at radius 3 is 2.35 bits per heavy atom. The lowest BCUT2D eigenvalue weighted by atomic mass is 9.87. The maximum atomic E-state index is 9.17. The molecule has 98 valence electrons. The van der Waals surface area contributed by atoms with Crippen LogP contribution in [-0.2, 0) is 6.54 Å². The average Bonchev–Trinajstić information content (AvgIpc) is 2.63. The Balaban J connectivity index is 2.31. The van der Waals surface area contributed by atoms with Crippen LogP contribution in [-0.4, -0.2) is 33.2 Å². The Hall–Kier alpha value is -0.870. The van der Waals surface area contributed by atoms with E-state index in [-0.39, 0.29) is 18.6 Å². The molecule has 1 rings (SSSR count). The predicted molar refractivity (Wildman–Crippen MR) is 67.8 cm³/mol. The number of aromatic nitrogens is 2. The van der Waals surface area contributed by atoms with Gasteiger partial charge in [0.15, 0.2) is 0 Å². The maximum absolute atomic E-state index is 9.17. The molecule has 0 fully saturated rings. The van der Waals surface area contributed by atoms with Gasteiger partial charge in [0.05, 0.1) is 18.9 Å². The summed E-state index contributed by atoms with van der Waals surface area (Å²) in [6.07, 6.45) is 2.87. The summed E-state index contributed by atoms with van der Waals surface area (Å²) in [5.74, 6) is 0. The summed E-state index contributed by atoms with van der Waals surface area (Å²) < 4.78 is 2.02. The van der Waals surface area contributed by atoms with E-state index < -0.39 is 0 Å². The van der Waals surface area contributed by atoms with E-state index in [1.54, 1.807) is 0 Å². The average molecular weight is 240 g/mol. The fourth-order valence-electron chi connectivity index (χ4n) is 1.92. The molecule has 0 spiro atoms. The molecule has 0 amide bonds. The Labute approximate surface area is 103 Å². The maximum Gasteiger partial charge on any atom is 0.0596 e. The number of aliphatic hydroxyl groups is 2. The van der Waals surface area contributed by atoms with Crippen LogP contribution in [0, 0.1) is 19.3 Å². The Kier molecular flexibility index (Phi) is 5.15. The van der Waals surface area contributed by atoms with Crippen LogP contribution < -0.4 is 0 Å². The van der Waals surface area contributed by atoms with Gasteiger partial charge in [-0.15, -0.1) is 0 Å². The van der Waals surface area contributed by atoms with Gasteiger partial charge in [-0.3, -0.25) is 4.68 Å². The monoisotopic (exact) mass is 240 g/mol. The van der Waals surface area contributed by atoms with Crippen LogP contribution in [0.2, 0.25) is 0 Å². The van der Waals surface area contributed by atoms with Crippen molar-refractivity contribution in [1.29, 1.82) is 0 Å². The SMILES string of the molecule is Cc1cc(C)n(CCCCC(C)(CO)CO)n1. The van der Waals surface area contributed by atoms with Crippen molar-refractivity contribution in [1.82, 2.24) is 9.78 Å². The van der Waals surface area contributed by atoms with Crippen LogP contribution in [0.3, 0.4) is 0 Å². The van der Waals surface area contributed by atoms with Crippen molar-refractivity contribution >= 4 is 0 Å². The standard InChI is InChI=1S/C13H24N2O2/c1-11-8-12(2)15(14-11)7-5-4-6-13(3,9-16)10-17/h8,16-17H,4-7,9-10H2,1-3H3. The van der Waals surface area contributed by atoms with E-state index in [1.165, 1.54) is 5.69 Å². The van der Waals surface area contributed by atoms with Gasteiger partial charge in [0, 0.05) is 17.7 Å². The van der Waals surface area contributed by atoms with Crippen molar-refractivity contribution in [2.24, 2.45) is 5.41 Å². The van der Waals surface area contributed by atoms with E-state index in [9.17, 15) is 10.2 Å². The first kappa shape index (κ1) is 14.2. The smallest absolute Gasteiger partial charge is 0.0596 e. The molecule has 0 radical (unpaired) electrons. The second kappa shape index (κ2) is 6.17. The van der Waals surface area contributed by atoms with Gasteiger partial charge in [0.1, 0.15) is 0 Å². The summed E-state index contributed by atoms with van der Waals surface area (Å²) in [7, 11) is 0. The van der Waals surface area contributed by atoms with E-state index in [1.807, 2.05) is 18.5 Å². The molecular weight excluding hydrogens is 216 g/mol. The Morgan fingerprint density at radius 1 is 1.24 bits per heavy atom. The molecule has 0 aliphatic rings. The number of unbranched alkanes of at least 4 members (excludes halogenated alkanes) is 1. The quantitative estimate of drug-likeness (QED) is 0.713. The molecule has 1 aromatic heterocycles. The molecule has 0 aromatic carbocycles. The van der Waals surface area contributed by atoms with Gasteiger partial charge in [-0.25, -0.2) is 0 Å². The number of aliphatic hydroxyl groups excluding tert-OH is 2. The highest BCUT2D eigenvalue weighted by Gasteiger charge is 2.21. The highest BCUT2D eigenvalue weighted by Crippen LogP contribution is 2.22. The molecule has 0 unspecified atom stereocenters. The van der Waals surface area contributed by atoms with E-state index in [0.717, 1.165) is 31.5 Å². The summed E-state index contributed by atoms with van der Waals surface area (Å²) >= 11 is 0. The second-order valence-corrected chi connectivity index (χ2v) is 5.23. The molecule has 0 saturated heterocycles. The predicted octanol–water partition coefficient (Wildman–Crippen LogP) is 1.66. The number of nitrogens with zero attached hydrogens (tertiary/aromatic N) is 2. The van der Waals surface area contributed by atoms with Gasteiger partial charge in [0.25, 0.3) is 0 Å². The fraction of sp³-hybridized carbons (Fsp3) is 0.769. The normalized spacial score (nSPS) is 12.1. The molecule has 4 nitrogen and oxygen atoms in total. The summed E-state index contributed by atoms with van der Waals surface area (Å²) in [6.45, 7) is 6.97. The third-order valence-electron chi connectivity index (χ3n) is 3.27. The lowest BCUT2D eigenvalue weighted by Crippen LogP contribution is -2.25. The van der Waals surface area contributed by atoms with E-state index in [4.69, 9.17) is 0 Å². The summed E-state index contributed by atoms with van der Waals surface area (Å²) in [5, 5.41) is 22.7. The molecule has 2 N–H and O–H groups in total. The lowest BCUT2D eigenvalue weighted by Gasteiger charge is -2.24. The molecular formula is C13H24N2O2. The van der Waals surface area contributed by atoms with Gasteiger partial charge >= 0.3 is 0 Å². The van der Waals surface area contributed by atoms with Gasteiger partial charge in [-0.05, 0) is 32.8 Å². The number of rotatable bonds is 7. The third-order valence-corrected chi connectivity index (χ3v) is 3.27. The van der Waals surface area contributed by atoms with Crippen LogP contribution in [0.15, 0.2) is 6.07 Å². The molecule has 1 aromatic rings. The molecule has 0 atom stereocenters. The second-order valence-electron chi connectivity index (χ2n) is 5.23. The van der Waals surface area contributed by atoms with Crippen LogP contribution in [0.5, 0.6) is 0 Å². The first-order valence-electron chi connectivity index (χ1n) is 6.23. The molecule has 0 aliphatic carbocycles. The van der Waals surface area contributed by atoms with Gasteiger partial charge in [0.2, 0.25) is 0 Å². The van der Waals surface area contributed by atoms with Gasteiger partial charge in [-0.2, -0.15) is 5.10 Å². The largest absolute Gasteiger partial charge is 0.396 e. The van der Waals surface area contributed by atoms with Crippen molar-refractivity contribution in [3.05, 3.63) is 17.5 Å². The lowest BCUT2D eigenvalue weighted by molar-refractivity contribution is 0.0603. The molecule has 4 heteroatoms. The Bertz CT molecular complexity index is 343. The molecule has 0 bridgehead atoms. The highest BCUT2D eigenvalue weighted by molar-refractivity contribution is 5.06. The van der Waals surface area contributed by atoms with Crippen molar-refractivity contribution in [2.45, 2.75) is 46.6 Å². The highest BCUT2D eigenvalue weighted by atomic mass is 16.3. The van der Waals surface area contributed by atoms with Crippen LogP contribution in [0.1, 0.15) is 37.6 Å². The number of hydrogen-bond donors (Lipinski definition) is 2. The van der Waals surface area contributed by atoms with Crippen molar-refractivity contribution in [3.8, 4) is 0 Å². The van der Waals surface area contributed by atoms with E-state index >= 15 is 0 Å². The zero-order valence-electron chi connectivity index (χ0n) is 11.1. The zero-order valence-corrected chi connectivity index (χ0v) is 11.1. The molecule has 1 heterocycles. The molecule has 17 heavy (non-hydrogen) atoms. The first-order chi connectivity index (χ1) is 8.00. The van der Waals surface area contributed by atoms with Crippen molar-refractivity contribution in [3.63, 3.8) is 0 Å². The third kappa shape index (κ3) is 4.13. The van der Waals surface area contributed by atoms with Crippen LogP contribution in [0.4, 0.5) is 0 Å². The summed E-state index contributed by atoms with van der Waals surface area (Å²) in [4.78, 5) is 0. The van der Waals surface area contributed by atoms with Crippen LogP contribution >= 0.6 is 0 Å². The van der Waals surface area contributed by atoms with Gasteiger partial charge < -0.3 is 10.2 Å². The minimum Gasteiger partial charge on any atom is -0.396 e. The van der Waals surface area contributed by atoms with Crippen molar-refractivity contribution in [2.75, 3.05) is 13.2 Å². The molecule has 0 saturated carbocycles. The minimum atomic E-state index is -0.338.